The molecule has 0 fully saturated rings. The highest BCUT2D eigenvalue weighted by atomic mass is 16.4. The van der Waals surface area contributed by atoms with Crippen LogP contribution in [0.5, 0.6) is 0 Å². The van der Waals surface area contributed by atoms with Crippen LogP contribution in [0.4, 0.5) is 5.69 Å². The van der Waals surface area contributed by atoms with E-state index in [0.717, 1.165) is 16.6 Å². The maximum atomic E-state index is 10.9. The zero-order valence-electron chi connectivity index (χ0n) is 8.48. The number of aromatic carboxylic acids is 1. The number of hydrogen-bond donors (Lipinski definition) is 2. The summed E-state index contributed by atoms with van der Waals surface area (Å²) in [5, 5.41) is 14.0. The van der Waals surface area contributed by atoms with Crippen LogP contribution in [0.15, 0.2) is 12.1 Å². The standard InChI is InChI=1S/C10H11N3O2/c1-5-6-3-7(10(14)15)8(11)4-9(6)12-13(5)2/h3-4H,11H2,1-2H3,(H,14,15). The first kappa shape index (κ1) is 9.51. The molecule has 1 aromatic heterocycles. The summed E-state index contributed by atoms with van der Waals surface area (Å²) < 4.78 is 1.70. The molecule has 5 nitrogen and oxygen atoms in total. The molecule has 15 heavy (non-hydrogen) atoms. The van der Waals surface area contributed by atoms with Gasteiger partial charge in [0.1, 0.15) is 0 Å². The van der Waals surface area contributed by atoms with Crippen molar-refractivity contribution in [1.82, 2.24) is 9.78 Å². The van der Waals surface area contributed by atoms with Gasteiger partial charge in [-0.05, 0) is 19.1 Å². The molecular weight excluding hydrogens is 194 g/mol. The molecule has 78 valence electrons. The number of anilines is 1. The van der Waals surface area contributed by atoms with Gasteiger partial charge in [0.2, 0.25) is 0 Å². The van der Waals surface area contributed by atoms with E-state index >= 15 is 0 Å². The molecule has 5 heteroatoms. The Morgan fingerprint density at radius 1 is 1.53 bits per heavy atom. The zero-order chi connectivity index (χ0) is 11.2. The average molecular weight is 205 g/mol. The van der Waals surface area contributed by atoms with Crippen LogP contribution in [-0.4, -0.2) is 20.9 Å². The molecule has 0 saturated heterocycles. The Kier molecular flexibility index (Phi) is 1.89. The Bertz CT molecular complexity index is 557. The molecule has 0 amide bonds. The number of fused-ring (bicyclic) bond motifs is 1. The highest BCUT2D eigenvalue weighted by Crippen LogP contribution is 2.23. The van der Waals surface area contributed by atoms with E-state index in [-0.39, 0.29) is 11.3 Å². The van der Waals surface area contributed by atoms with Gasteiger partial charge in [-0.3, -0.25) is 4.68 Å². The van der Waals surface area contributed by atoms with Crippen molar-refractivity contribution >= 4 is 22.6 Å². The van der Waals surface area contributed by atoms with Gasteiger partial charge in [-0.15, -0.1) is 0 Å². The van der Waals surface area contributed by atoms with Gasteiger partial charge >= 0.3 is 5.97 Å². The van der Waals surface area contributed by atoms with Crippen molar-refractivity contribution in [3.05, 3.63) is 23.4 Å². The largest absolute Gasteiger partial charge is 0.478 e. The lowest BCUT2D eigenvalue weighted by atomic mass is 10.1. The van der Waals surface area contributed by atoms with Crippen LogP contribution < -0.4 is 5.73 Å². The number of nitrogen functional groups attached to an aromatic ring is 1. The van der Waals surface area contributed by atoms with Crippen LogP contribution in [0, 0.1) is 6.92 Å². The molecule has 1 heterocycles. The van der Waals surface area contributed by atoms with E-state index in [1.807, 2.05) is 14.0 Å². The molecule has 0 unspecified atom stereocenters. The van der Waals surface area contributed by atoms with Crippen LogP contribution in [0.2, 0.25) is 0 Å². The van der Waals surface area contributed by atoms with E-state index in [2.05, 4.69) is 5.10 Å². The molecule has 0 aliphatic rings. The van der Waals surface area contributed by atoms with Crippen LogP contribution in [0.25, 0.3) is 10.9 Å². The normalized spacial score (nSPS) is 10.8. The number of carbonyl (C=O) groups is 1. The number of hydrogen-bond acceptors (Lipinski definition) is 3. The molecule has 0 saturated carbocycles. The predicted octanol–water partition coefficient (Wildman–Crippen LogP) is 1.16. The smallest absolute Gasteiger partial charge is 0.337 e. The molecule has 0 atom stereocenters. The number of aryl methyl sites for hydroxylation is 2. The van der Waals surface area contributed by atoms with Crippen molar-refractivity contribution in [3.63, 3.8) is 0 Å². The lowest BCUT2D eigenvalue weighted by Gasteiger charge is -2.00. The Labute approximate surface area is 86.1 Å². The number of carboxylic acid groups (broad SMARTS) is 1. The second-order valence-electron chi connectivity index (χ2n) is 3.47. The molecule has 0 radical (unpaired) electrons. The van der Waals surface area contributed by atoms with Gasteiger partial charge < -0.3 is 10.8 Å². The zero-order valence-corrected chi connectivity index (χ0v) is 8.48. The van der Waals surface area contributed by atoms with E-state index < -0.39 is 5.97 Å². The summed E-state index contributed by atoms with van der Waals surface area (Å²) in [5.74, 6) is -1.02. The second-order valence-corrected chi connectivity index (χ2v) is 3.47. The molecule has 0 bridgehead atoms. The first-order chi connectivity index (χ1) is 7.00. The number of nitrogens with zero attached hydrogens (tertiary/aromatic N) is 2. The Hall–Kier alpha value is -2.04. The quantitative estimate of drug-likeness (QED) is 0.684. The van der Waals surface area contributed by atoms with Crippen molar-refractivity contribution in [2.75, 3.05) is 5.73 Å². The van der Waals surface area contributed by atoms with Gasteiger partial charge in [0.15, 0.2) is 0 Å². The lowest BCUT2D eigenvalue weighted by molar-refractivity contribution is 0.0698. The van der Waals surface area contributed by atoms with Gasteiger partial charge in [0.25, 0.3) is 0 Å². The predicted molar refractivity (Wildman–Crippen MR) is 56.8 cm³/mol. The summed E-state index contributed by atoms with van der Waals surface area (Å²) >= 11 is 0. The number of aromatic nitrogens is 2. The maximum Gasteiger partial charge on any atom is 0.337 e. The van der Waals surface area contributed by atoms with Crippen LogP contribution in [0.1, 0.15) is 16.1 Å². The minimum atomic E-state index is -1.02. The molecular formula is C10H11N3O2. The molecule has 1 aromatic carbocycles. The van der Waals surface area contributed by atoms with Crippen LogP contribution in [0.3, 0.4) is 0 Å². The van der Waals surface area contributed by atoms with Crippen LogP contribution >= 0.6 is 0 Å². The molecule has 0 aliphatic carbocycles. The molecule has 0 aliphatic heterocycles. The summed E-state index contributed by atoms with van der Waals surface area (Å²) in [6, 6.07) is 3.15. The highest BCUT2D eigenvalue weighted by molar-refractivity contribution is 6.00. The number of rotatable bonds is 1. The molecule has 3 N–H and O–H groups in total. The third-order valence-corrected chi connectivity index (χ3v) is 2.53. The summed E-state index contributed by atoms with van der Waals surface area (Å²) in [5.41, 5.74) is 7.63. The van der Waals surface area contributed by atoms with Crippen molar-refractivity contribution in [1.29, 1.82) is 0 Å². The van der Waals surface area contributed by atoms with E-state index in [1.165, 1.54) is 0 Å². The highest BCUT2D eigenvalue weighted by Gasteiger charge is 2.12. The van der Waals surface area contributed by atoms with Crippen molar-refractivity contribution in [2.24, 2.45) is 7.05 Å². The van der Waals surface area contributed by atoms with Gasteiger partial charge in [0, 0.05) is 23.8 Å². The first-order valence-electron chi connectivity index (χ1n) is 4.47. The summed E-state index contributed by atoms with van der Waals surface area (Å²) in [4.78, 5) is 10.9. The third-order valence-electron chi connectivity index (χ3n) is 2.53. The molecule has 2 aromatic rings. The Morgan fingerprint density at radius 2 is 2.20 bits per heavy atom. The maximum absolute atomic E-state index is 10.9. The van der Waals surface area contributed by atoms with Crippen molar-refractivity contribution in [2.45, 2.75) is 6.92 Å². The Morgan fingerprint density at radius 3 is 2.80 bits per heavy atom. The lowest BCUT2D eigenvalue weighted by Crippen LogP contribution is -2.01. The van der Waals surface area contributed by atoms with E-state index in [4.69, 9.17) is 10.8 Å². The number of carboxylic acids is 1. The van der Waals surface area contributed by atoms with E-state index in [9.17, 15) is 4.79 Å². The minimum Gasteiger partial charge on any atom is -0.478 e. The number of benzene rings is 1. The average Bonchev–Trinajstić information content (AvgIpc) is 2.41. The van der Waals surface area contributed by atoms with Gasteiger partial charge in [0.05, 0.1) is 11.1 Å². The summed E-state index contributed by atoms with van der Waals surface area (Å²) in [6.45, 7) is 1.89. The summed E-state index contributed by atoms with van der Waals surface area (Å²) in [7, 11) is 1.81. The SMILES string of the molecule is Cc1c2cc(C(=O)O)c(N)cc2nn1C. The van der Waals surface area contributed by atoms with Crippen LogP contribution in [-0.2, 0) is 7.05 Å². The fourth-order valence-electron chi connectivity index (χ4n) is 1.57. The third kappa shape index (κ3) is 1.32. The van der Waals surface area contributed by atoms with E-state index in [0.29, 0.717) is 0 Å². The monoisotopic (exact) mass is 205 g/mol. The summed E-state index contributed by atoms with van der Waals surface area (Å²) in [6.07, 6.45) is 0. The Balaban J connectivity index is 2.83. The topological polar surface area (TPSA) is 81.1 Å². The molecule has 0 spiro atoms. The fraction of sp³-hybridized carbons (Fsp3) is 0.200. The van der Waals surface area contributed by atoms with E-state index in [1.54, 1.807) is 16.8 Å². The van der Waals surface area contributed by atoms with Crippen molar-refractivity contribution < 1.29 is 9.90 Å². The van der Waals surface area contributed by atoms with Crippen molar-refractivity contribution in [3.8, 4) is 0 Å². The van der Waals surface area contributed by atoms with Gasteiger partial charge in [-0.1, -0.05) is 0 Å². The first-order valence-corrected chi connectivity index (χ1v) is 4.47. The number of nitrogens with two attached hydrogens (primary N) is 1. The fourth-order valence-corrected chi connectivity index (χ4v) is 1.57. The van der Waals surface area contributed by atoms with Gasteiger partial charge in [-0.25, -0.2) is 4.79 Å². The van der Waals surface area contributed by atoms with Gasteiger partial charge in [-0.2, -0.15) is 5.10 Å². The molecule has 2 rings (SSSR count). The minimum absolute atomic E-state index is 0.124. The second kappa shape index (κ2) is 2.98.